The molecule has 0 atom stereocenters. The predicted octanol–water partition coefficient (Wildman–Crippen LogP) is 3.93. The van der Waals surface area contributed by atoms with Gasteiger partial charge in [-0.1, -0.05) is 12.1 Å². The Bertz CT molecular complexity index is 1100. The number of rotatable bonds is 5. The molecular weight excluding hydrogens is 360 g/mol. The van der Waals surface area contributed by atoms with Gasteiger partial charge in [-0.2, -0.15) is 0 Å². The van der Waals surface area contributed by atoms with Gasteiger partial charge in [0, 0.05) is 18.2 Å². The number of aromatic nitrogens is 2. The van der Waals surface area contributed by atoms with E-state index in [1.54, 1.807) is 0 Å². The summed E-state index contributed by atoms with van der Waals surface area (Å²) in [6, 6.07) is 8.59. The number of nitro benzene ring substituents is 1. The van der Waals surface area contributed by atoms with Gasteiger partial charge in [0.15, 0.2) is 0 Å². The summed E-state index contributed by atoms with van der Waals surface area (Å²) < 4.78 is 6.03. The maximum atomic E-state index is 11.9. The first kappa shape index (κ1) is 19.3. The molecule has 0 aliphatic rings. The molecule has 0 aliphatic heterocycles. The van der Waals surface area contributed by atoms with Crippen molar-refractivity contribution < 1.29 is 9.66 Å². The first-order chi connectivity index (χ1) is 13.1. The highest BCUT2D eigenvalue weighted by atomic mass is 16.6. The number of nitrogens with one attached hydrogen (secondary N) is 2. The number of hydrogen-bond acceptors (Lipinski definition) is 6. The summed E-state index contributed by atoms with van der Waals surface area (Å²) in [5.41, 5.74) is 1.62. The van der Waals surface area contributed by atoms with Crippen molar-refractivity contribution in [1.29, 1.82) is 0 Å². The number of aryl methyl sites for hydroxylation is 1. The Morgan fingerprint density at radius 3 is 2.68 bits per heavy atom. The molecule has 0 saturated heterocycles. The lowest BCUT2D eigenvalue weighted by molar-refractivity contribution is -0.383. The van der Waals surface area contributed by atoms with Crippen LogP contribution in [0.1, 0.15) is 31.9 Å². The second-order valence-electron chi connectivity index (χ2n) is 7.55. The van der Waals surface area contributed by atoms with Crippen LogP contribution in [0.4, 0.5) is 11.4 Å². The molecule has 0 unspecified atom stereocenters. The van der Waals surface area contributed by atoms with Crippen molar-refractivity contribution >= 4 is 22.3 Å². The van der Waals surface area contributed by atoms with Crippen LogP contribution in [-0.4, -0.2) is 20.5 Å². The molecule has 2 aromatic carbocycles. The van der Waals surface area contributed by atoms with Crippen LogP contribution in [0.25, 0.3) is 10.9 Å². The zero-order valence-electron chi connectivity index (χ0n) is 16.2. The molecule has 0 radical (unpaired) electrons. The van der Waals surface area contributed by atoms with Gasteiger partial charge in [-0.05, 0) is 45.4 Å². The lowest BCUT2D eigenvalue weighted by atomic mass is 10.1. The Morgan fingerprint density at radius 2 is 2.00 bits per heavy atom. The minimum Gasteiger partial charge on any atom is -0.488 e. The van der Waals surface area contributed by atoms with Crippen LogP contribution in [0.15, 0.2) is 41.5 Å². The smallest absolute Gasteiger partial charge is 0.293 e. The van der Waals surface area contributed by atoms with E-state index >= 15 is 0 Å². The molecule has 0 bridgehead atoms. The number of hydrogen-bond donors (Lipinski definition) is 2. The lowest BCUT2D eigenvalue weighted by Crippen LogP contribution is -2.24. The molecular formula is C20H22N4O4. The van der Waals surface area contributed by atoms with Crippen molar-refractivity contribution in [3.8, 4) is 5.75 Å². The highest BCUT2D eigenvalue weighted by molar-refractivity contribution is 5.86. The van der Waals surface area contributed by atoms with Crippen LogP contribution in [0.2, 0.25) is 0 Å². The number of benzene rings is 2. The number of nitro groups is 1. The highest BCUT2D eigenvalue weighted by Gasteiger charge is 2.19. The van der Waals surface area contributed by atoms with Crippen molar-refractivity contribution in [2.24, 2.45) is 0 Å². The molecule has 146 valence electrons. The molecule has 2 N–H and O–H groups in total. The van der Waals surface area contributed by atoms with E-state index in [4.69, 9.17) is 4.74 Å². The van der Waals surface area contributed by atoms with Gasteiger partial charge in [-0.15, -0.1) is 0 Å². The van der Waals surface area contributed by atoms with E-state index in [1.165, 1.54) is 18.5 Å². The van der Waals surface area contributed by atoms with Gasteiger partial charge in [-0.25, -0.2) is 4.98 Å². The fraction of sp³-hybridized carbons (Fsp3) is 0.300. The maximum absolute atomic E-state index is 11.9. The van der Waals surface area contributed by atoms with E-state index in [9.17, 15) is 14.9 Å². The summed E-state index contributed by atoms with van der Waals surface area (Å²) in [5, 5.41) is 14.8. The topological polar surface area (TPSA) is 110 Å². The Balaban J connectivity index is 1.97. The number of aromatic amines is 1. The fourth-order valence-electron chi connectivity index (χ4n) is 2.82. The van der Waals surface area contributed by atoms with Gasteiger partial charge >= 0.3 is 0 Å². The fourth-order valence-corrected chi connectivity index (χ4v) is 2.82. The van der Waals surface area contributed by atoms with Crippen LogP contribution in [0, 0.1) is 17.0 Å². The molecule has 8 nitrogen and oxygen atoms in total. The Kier molecular flexibility index (Phi) is 5.04. The first-order valence-corrected chi connectivity index (χ1v) is 8.82. The zero-order chi connectivity index (χ0) is 20.5. The molecule has 1 aromatic heterocycles. The number of nitrogens with zero attached hydrogens (tertiary/aromatic N) is 2. The quantitative estimate of drug-likeness (QED) is 0.511. The maximum Gasteiger partial charge on any atom is 0.293 e. The summed E-state index contributed by atoms with van der Waals surface area (Å²) in [6.07, 6.45) is 1.27. The van der Waals surface area contributed by atoms with E-state index < -0.39 is 10.5 Å². The third-order valence-corrected chi connectivity index (χ3v) is 4.06. The molecule has 1 heterocycles. The normalized spacial score (nSPS) is 11.4. The molecule has 3 aromatic rings. The molecule has 0 fully saturated rings. The lowest BCUT2D eigenvalue weighted by Gasteiger charge is -2.24. The van der Waals surface area contributed by atoms with Crippen molar-refractivity contribution in [2.45, 2.75) is 39.8 Å². The van der Waals surface area contributed by atoms with Gasteiger partial charge in [0.25, 0.3) is 11.2 Å². The minimum absolute atomic E-state index is 0.173. The van der Waals surface area contributed by atoms with Gasteiger partial charge in [0.1, 0.15) is 17.0 Å². The Morgan fingerprint density at radius 1 is 1.25 bits per heavy atom. The number of ether oxygens (including phenoxy) is 1. The molecule has 3 rings (SSSR count). The van der Waals surface area contributed by atoms with Crippen LogP contribution >= 0.6 is 0 Å². The van der Waals surface area contributed by atoms with E-state index in [0.717, 1.165) is 16.9 Å². The third-order valence-electron chi connectivity index (χ3n) is 4.06. The zero-order valence-corrected chi connectivity index (χ0v) is 16.2. The summed E-state index contributed by atoms with van der Waals surface area (Å²) in [6.45, 7) is 8.18. The highest BCUT2D eigenvalue weighted by Crippen LogP contribution is 2.30. The Hall–Kier alpha value is -3.42. The summed E-state index contributed by atoms with van der Waals surface area (Å²) in [5.74, 6) is 0.720. The van der Waals surface area contributed by atoms with Crippen LogP contribution < -0.4 is 15.6 Å². The van der Waals surface area contributed by atoms with Gasteiger partial charge in [-0.3, -0.25) is 14.9 Å². The number of H-pyrrole nitrogens is 1. The summed E-state index contributed by atoms with van der Waals surface area (Å²) in [4.78, 5) is 29.4. The van der Waals surface area contributed by atoms with Gasteiger partial charge < -0.3 is 15.0 Å². The minimum atomic E-state index is -0.518. The van der Waals surface area contributed by atoms with E-state index in [-0.39, 0.29) is 22.4 Å². The SMILES string of the molecule is Cc1ccc(CNc2cc3nc[nH]c(=O)c3cc2[N+](=O)[O-])c(OC(C)(C)C)c1. The monoisotopic (exact) mass is 382 g/mol. The second-order valence-corrected chi connectivity index (χ2v) is 7.55. The van der Waals surface area contributed by atoms with Crippen LogP contribution in [-0.2, 0) is 6.54 Å². The average Bonchev–Trinajstić information content (AvgIpc) is 2.59. The predicted molar refractivity (Wildman–Crippen MR) is 108 cm³/mol. The summed E-state index contributed by atoms with van der Waals surface area (Å²) >= 11 is 0. The van der Waals surface area contributed by atoms with E-state index in [1.807, 2.05) is 45.9 Å². The molecule has 0 saturated carbocycles. The Labute approximate surface area is 161 Å². The summed E-state index contributed by atoms with van der Waals surface area (Å²) in [7, 11) is 0. The molecule has 0 aliphatic carbocycles. The number of fused-ring (bicyclic) bond motifs is 1. The molecule has 8 heteroatoms. The second kappa shape index (κ2) is 7.30. The standard InChI is InChI=1S/C20H22N4O4/c1-12-5-6-13(18(7-12)28-20(2,3)4)10-21-16-9-15-14(8-17(16)24(26)27)19(25)23-11-22-15/h5-9,11,21H,10H2,1-4H3,(H,22,23,25). The molecule has 0 amide bonds. The number of anilines is 1. The van der Waals surface area contributed by atoms with Crippen molar-refractivity contribution in [1.82, 2.24) is 9.97 Å². The van der Waals surface area contributed by atoms with Gasteiger partial charge in [0.2, 0.25) is 0 Å². The average molecular weight is 382 g/mol. The van der Waals surface area contributed by atoms with Crippen molar-refractivity contribution in [3.05, 3.63) is 68.3 Å². The van der Waals surface area contributed by atoms with Crippen LogP contribution in [0.5, 0.6) is 5.75 Å². The van der Waals surface area contributed by atoms with Gasteiger partial charge in [0.05, 0.1) is 22.2 Å². The molecule has 0 spiro atoms. The van der Waals surface area contributed by atoms with Crippen molar-refractivity contribution in [2.75, 3.05) is 5.32 Å². The van der Waals surface area contributed by atoms with E-state index in [0.29, 0.717) is 12.1 Å². The largest absolute Gasteiger partial charge is 0.488 e. The molecule has 28 heavy (non-hydrogen) atoms. The van der Waals surface area contributed by atoms with E-state index in [2.05, 4.69) is 15.3 Å². The first-order valence-electron chi connectivity index (χ1n) is 8.82. The third kappa shape index (κ3) is 4.28. The van der Waals surface area contributed by atoms with Crippen LogP contribution in [0.3, 0.4) is 0 Å². The van der Waals surface area contributed by atoms with Crippen molar-refractivity contribution in [3.63, 3.8) is 0 Å².